The molecule has 5 aliphatic rings. The first-order valence-corrected chi connectivity index (χ1v) is 48.3. The molecule has 6 bridgehead atoms. The first kappa shape index (κ1) is 83.9. The molecule has 6 heteroatoms. The molecule has 0 saturated carbocycles. The van der Waals surface area contributed by atoms with E-state index in [9.17, 15) is 0 Å². The lowest BCUT2D eigenvalue weighted by atomic mass is 9.33. The van der Waals surface area contributed by atoms with E-state index in [0.717, 1.165) is 147 Å². The monoisotopic (exact) mass is 1730 g/mol. The van der Waals surface area contributed by atoms with Gasteiger partial charge in [0.05, 0.1) is 33.4 Å². The molecule has 0 N–H and O–H groups in total. The Morgan fingerprint density at radius 1 is 0.271 bits per heavy atom. The van der Waals surface area contributed by atoms with E-state index in [1.54, 1.807) is 0 Å². The van der Waals surface area contributed by atoms with Crippen LogP contribution in [0.3, 0.4) is 0 Å². The van der Waals surface area contributed by atoms with Crippen LogP contribution in [0.5, 0.6) is 0 Å². The lowest BCUT2D eigenvalue weighted by Crippen LogP contribution is -2.61. The van der Waals surface area contributed by atoms with Crippen LogP contribution in [0.25, 0.3) is 144 Å². The highest BCUT2D eigenvalue weighted by molar-refractivity contribution is 7.00. The number of anilines is 6. The molecule has 4 aliphatic heterocycles. The number of para-hydroxylation sites is 1. The van der Waals surface area contributed by atoms with Gasteiger partial charge in [0.25, 0.3) is 6.71 Å². The predicted molar refractivity (Wildman–Crippen MR) is 570 cm³/mol. The topological polar surface area (TPSA) is 29.5 Å². The minimum Gasteiger partial charge on any atom is -0.455 e. The summed E-state index contributed by atoms with van der Waals surface area (Å²) in [5.74, 6) is 0. The lowest BCUT2D eigenvalue weighted by Gasteiger charge is -2.46. The van der Waals surface area contributed by atoms with Gasteiger partial charge in [0.15, 0.2) is 0 Å². The van der Waals surface area contributed by atoms with E-state index in [0.29, 0.717) is 0 Å². The second kappa shape index (κ2) is 29.3. The van der Waals surface area contributed by atoms with Gasteiger partial charge in [-0.1, -0.05) is 358 Å². The predicted octanol–water partition coefficient (Wildman–Crippen LogP) is 33.3. The molecular weight excluding hydrogens is 1610 g/mol. The van der Waals surface area contributed by atoms with Gasteiger partial charge < -0.3 is 23.4 Å². The Labute approximate surface area is 785 Å². The molecular formula is C127H119BN4O. The minimum absolute atomic E-state index is 0.00684. The van der Waals surface area contributed by atoms with E-state index in [1.807, 2.05) is 0 Å². The summed E-state index contributed by atoms with van der Waals surface area (Å²) in [5, 5.41) is 7.08. The zero-order valence-electron chi connectivity index (χ0n) is 81.2. The van der Waals surface area contributed by atoms with Crippen molar-refractivity contribution >= 4 is 123 Å². The van der Waals surface area contributed by atoms with Crippen LogP contribution in [-0.2, 0) is 43.3 Å². The maximum absolute atomic E-state index is 7.40. The second-order valence-corrected chi connectivity index (χ2v) is 46.0. The number of furan rings is 1. The Morgan fingerprint density at radius 2 is 0.654 bits per heavy atom. The largest absolute Gasteiger partial charge is 0.455 e. The molecule has 7 heterocycles. The minimum atomic E-state index is -0.396. The fraction of sp³-hybridized carbons (Fsp3) is 0.244. The van der Waals surface area contributed by atoms with Crippen LogP contribution in [0.1, 0.15) is 208 Å². The number of hydrogen-bond acceptors (Lipinski definition) is 3. The molecule has 0 spiro atoms. The molecule has 19 aromatic rings. The quantitative estimate of drug-likeness (QED) is 0.149. The van der Waals surface area contributed by atoms with E-state index >= 15 is 0 Å². The number of rotatable bonds is 7. The van der Waals surface area contributed by atoms with Gasteiger partial charge in [0.1, 0.15) is 11.2 Å². The normalized spacial score (nSPS) is 15.0. The lowest BCUT2D eigenvalue weighted by molar-refractivity contribution is 0.332. The summed E-state index contributed by atoms with van der Waals surface area (Å²) in [6.45, 7) is 49.8. The highest BCUT2D eigenvalue weighted by atomic mass is 16.3. The highest BCUT2D eigenvalue weighted by Gasteiger charge is 2.48. The Hall–Kier alpha value is -13.4. The van der Waals surface area contributed by atoms with Gasteiger partial charge in [-0.25, -0.2) is 0 Å². The summed E-state index contributed by atoms with van der Waals surface area (Å²) in [5.41, 5.74) is 42.8. The summed E-state index contributed by atoms with van der Waals surface area (Å²) in [6, 6.07) is 125. The first-order chi connectivity index (χ1) is 63.3. The summed E-state index contributed by atoms with van der Waals surface area (Å²) in [6.07, 6.45) is 2.22. The number of benzene rings is 16. The number of aromatic nitrogens is 2. The molecule has 656 valence electrons. The van der Waals surface area contributed by atoms with Gasteiger partial charge in [-0.15, -0.1) is 0 Å². The van der Waals surface area contributed by atoms with Crippen LogP contribution in [0.2, 0.25) is 0 Å². The molecule has 0 saturated heterocycles. The van der Waals surface area contributed by atoms with Crippen molar-refractivity contribution in [2.75, 3.05) is 9.80 Å². The molecule has 16 aromatic carbocycles. The van der Waals surface area contributed by atoms with Crippen molar-refractivity contribution in [3.05, 3.63) is 366 Å². The van der Waals surface area contributed by atoms with E-state index in [-0.39, 0.29) is 44.6 Å². The zero-order valence-corrected chi connectivity index (χ0v) is 81.2. The van der Waals surface area contributed by atoms with Gasteiger partial charge in [0.2, 0.25) is 0 Å². The van der Waals surface area contributed by atoms with Crippen molar-refractivity contribution in [3.63, 3.8) is 0 Å². The number of nitrogens with zero attached hydrogens (tertiary/aromatic N) is 4. The average Bonchev–Trinajstić information content (AvgIpc) is 1.34. The molecule has 1 aliphatic carbocycles. The molecule has 133 heavy (non-hydrogen) atoms. The summed E-state index contributed by atoms with van der Waals surface area (Å²) < 4.78 is 12.7. The molecule has 0 atom stereocenters. The zero-order chi connectivity index (χ0) is 92.2. The highest BCUT2D eigenvalue weighted by Crippen LogP contribution is 2.58. The SMILES string of the molecule is CC(C)(C)c1cc(-c2ccccc2)c(N2c3cc(-n4c5cc(C(C)(C)C)ccc5c5ccc(C(C)(C)C)cc54)ccc3B3c4ccc5cc4N(c4cc(-c6cc(-c7ccc8c(c7)C(C)(C)CCC8(C)C)c7oc8ccccc8c7c6)cc2c43)c2c(-c3ccccc3)cc(C(C)(C)C)cc2-c2ccc(cc2)C(C)(C)c2ccc3c4ccc(C(C)(C)C)cc4n-5c3c2)c(-c2ccccc2)c1. The molecule has 0 radical (unpaired) electrons. The van der Waals surface area contributed by atoms with E-state index < -0.39 is 5.41 Å². The van der Waals surface area contributed by atoms with Gasteiger partial charge in [0, 0.05) is 99.7 Å². The fourth-order valence-electron chi connectivity index (χ4n) is 22.8. The van der Waals surface area contributed by atoms with Gasteiger partial charge in [-0.3, -0.25) is 0 Å². The molecule has 0 fully saturated rings. The number of fused-ring (bicyclic) bond motifs is 14. The third-order valence-electron chi connectivity index (χ3n) is 31.0. The van der Waals surface area contributed by atoms with Crippen LogP contribution in [0.15, 0.2) is 320 Å². The fourth-order valence-corrected chi connectivity index (χ4v) is 22.8. The number of hydrogen-bond donors (Lipinski definition) is 0. The van der Waals surface area contributed by atoms with Crippen molar-refractivity contribution in [2.45, 2.75) is 202 Å². The smallest absolute Gasteiger partial charge is 0.252 e. The third kappa shape index (κ3) is 13.3. The second-order valence-electron chi connectivity index (χ2n) is 46.0. The van der Waals surface area contributed by atoms with Gasteiger partial charge in [-0.2, -0.15) is 0 Å². The van der Waals surface area contributed by atoms with Crippen molar-refractivity contribution in [1.82, 2.24) is 9.13 Å². The van der Waals surface area contributed by atoms with Crippen LogP contribution in [-0.4, -0.2) is 15.8 Å². The molecule has 0 amide bonds. The Balaban J connectivity index is 0.943. The standard InChI is InChI=1S/C127H119BN4O/c1-120(2,3)84-46-52-92-93-53-47-85(121(4,5)6)71-108(93)129(107(92)70-84)90-50-57-105-111(74-90)131(117-97(76-33-25-22-26-34-76)66-88(123(10,11)12)67-98(117)77-35-27-23-28-36-77)113-64-82(81-61-101(119-102(62-81)96-39-31-32-40-115(96)133-119)80-43-56-103-104(63-80)126(18,19)60-59-125(103,16)17)65-114-116(113)128(105)106-58-51-91-75-112(106)132(114)118-99(78-37-29-24-30-38-78)68-89(124(13,14)15)69-100(118)79-41-44-83(45-42-79)127(20,21)87-49-55-95-94-54-48-86(122(7,8)9)72-109(94)130(91)110(95)73-87/h22-58,61-75H,59-60H2,1-21H3. The third-order valence-corrected chi connectivity index (χ3v) is 31.0. The average molecular weight is 1730 g/mol. The first-order valence-electron chi connectivity index (χ1n) is 48.3. The van der Waals surface area contributed by atoms with Crippen molar-refractivity contribution in [2.24, 2.45) is 0 Å². The maximum Gasteiger partial charge on any atom is 0.252 e. The van der Waals surface area contributed by atoms with Crippen molar-refractivity contribution in [3.8, 4) is 78.1 Å². The van der Waals surface area contributed by atoms with Gasteiger partial charge >= 0.3 is 0 Å². The van der Waals surface area contributed by atoms with E-state index in [4.69, 9.17) is 4.42 Å². The molecule has 24 rings (SSSR count). The molecule has 5 nitrogen and oxygen atoms in total. The Kier molecular flexibility index (Phi) is 18.5. The van der Waals surface area contributed by atoms with Crippen LogP contribution in [0.4, 0.5) is 34.1 Å². The molecule has 0 unspecified atom stereocenters. The van der Waals surface area contributed by atoms with Crippen molar-refractivity contribution < 1.29 is 4.42 Å². The Bertz CT molecular complexity index is 7950. The van der Waals surface area contributed by atoms with Crippen LogP contribution < -0.4 is 26.2 Å². The van der Waals surface area contributed by atoms with Gasteiger partial charge in [-0.05, 0) is 259 Å². The van der Waals surface area contributed by atoms with E-state index in [1.165, 1.54) is 110 Å². The summed E-state index contributed by atoms with van der Waals surface area (Å²) in [4.78, 5) is 5.59. The Morgan fingerprint density at radius 3 is 1.10 bits per heavy atom. The maximum atomic E-state index is 7.40. The van der Waals surface area contributed by atoms with E-state index in [2.05, 4.69) is 480 Å². The summed E-state index contributed by atoms with van der Waals surface area (Å²) in [7, 11) is 0. The van der Waals surface area contributed by atoms with Crippen LogP contribution >= 0.6 is 0 Å². The molecule has 3 aromatic heterocycles. The summed E-state index contributed by atoms with van der Waals surface area (Å²) >= 11 is 0. The van der Waals surface area contributed by atoms with Crippen molar-refractivity contribution in [1.29, 1.82) is 0 Å². The van der Waals surface area contributed by atoms with Crippen LogP contribution in [0, 0.1) is 0 Å².